The number of ether oxygens (including phenoxy) is 5. The lowest BCUT2D eigenvalue weighted by Gasteiger charge is -2.39. The smallest absolute Gasteiger partial charge is 0.328 e. The van der Waals surface area contributed by atoms with Crippen LogP contribution in [-0.4, -0.2) is 91.3 Å². The van der Waals surface area contributed by atoms with Gasteiger partial charge in [0, 0.05) is 17.2 Å². The number of carbonyl (C=O) groups is 2. The lowest BCUT2D eigenvalue weighted by molar-refractivity contribution is -0.179. The zero-order valence-electron chi connectivity index (χ0n) is 22.7. The summed E-state index contributed by atoms with van der Waals surface area (Å²) in [6.07, 6.45) is 0. The van der Waals surface area contributed by atoms with E-state index >= 15 is 0 Å². The van der Waals surface area contributed by atoms with Gasteiger partial charge in [-0.2, -0.15) is 0 Å². The number of esters is 2. The minimum Gasteiger partial charge on any atom is -0.465 e. The summed E-state index contributed by atoms with van der Waals surface area (Å²) in [6, 6.07) is 0. The standard InChI is InChI=1S/C22H43N3O8S2Si/c1-8-31-19(26)22(20(27)32-9-2,17-33-36(6,7)21(3,4)5)16-30-18-35-34-15-14-29-13-12-28-11-10-24-25-23/h8-18H2,1-7H3. The summed E-state index contributed by atoms with van der Waals surface area (Å²) in [5.74, 6) is -0.416. The van der Waals surface area contributed by atoms with Gasteiger partial charge in [0.1, 0.15) is 5.94 Å². The molecule has 0 heterocycles. The van der Waals surface area contributed by atoms with Crippen LogP contribution in [0.2, 0.25) is 18.1 Å². The van der Waals surface area contributed by atoms with Gasteiger partial charge in [-0.25, -0.2) is 0 Å². The Morgan fingerprint density at radius 1 is 0.889 bits per heavy atom. The summed E-state index contributed by atoms with van der Waals surface area (Å²) >= 11 is 0. The van der Waals surface area contributed by atoms with E-state index in [-0.39, 0.29) is 37.4 Å². The Hall–Kier alpha value is -0.993. The zero-order chi connectivity index (χ0) is 27.5. The van der Waals surface area contributed by atoms with Crippen LogP contribution in [0.15, 0.2) is 5.11 Å². The first-order valence-electron chi connectivity index (χ1n) is 12.0. The van der Waals surface area contributed by atoms with Crippen LogP contribution in [0.1, 0.15) is 34.6 Å². The molecule has 0 amide bonds. The molecule has 0 fully saturated rings. The molecule has 0 aromatic rings. The van der Waals surface area contributed by atoms with E-state index < -0.39 is 25.7 Å². The Kier molecular flexibility index (Phi) is 18.6. The molecule has 0 rings (SSSR count). The van der Waals surface area contributed by atoms with Crippen molar-refractivity contribution < 1.29 is 37.7 Å². The first kappa shape index (κ1) is 35.0. The van der Waals surface area contributed by atoms with Crippen LogP contribution in [0.4, 0.5) is 0 Å². The highest BCUT2D eigenvalue weighted by Gasteiger charge is 2.52. The van der Waals surface area contributed by atoms with Crippen LogP contribution < -0.4 is 0 Å². The van der Waals surface area contributed by atoms with Gasteiger partial charge in [-0.1, -0.05) is 47.5 Å². The van der Waals surface area contributed by atoms with Gasteiger partial charge < -0.3 is 28.1 Å². The van der Waals surface area contributed by atoms with Crippen molar-refractivity contribution in [3.63, 3.8) is 0 Å². The lowest BCUT2D eigenvalue weighted by atomic mass is 9.90. The molecule has 210 valence electrons. The molecule has 36 heavy (non-hydrogen) atoms. The molecular weight excluding hydrogens is 526 g/mol. The molecule has 0 spiro atoms. The monoisotopic (exact) mass is 569 g/mol. The Morgan fingerprint density at radius 3 is 2.00 bits per heavy atom. The topological polar surface area (TPSA) is 138 Å². The normalized spacial score (nSPS) is 12.2. The van der Waals surface area contributed by atoms with Gasteiger partial charge in [-0.3, -0.25) is 9.59 Å². The summed E-state index contributed by atoms with van der Waals surface area (Å²) in [5, 5.41) is 3.28. The summed E-state index contributed by atoms with van der Waals surface area (Å²) < 4.78 is 33.2. The molecule has 0 atom stereocenters. The molecule has 0 aliphatic heterocycles. The third kappa shape index (κ3) is 13.5. The van der Waals surface area contributed by atoms with Crippen molar-refractivity contribution in [2.45, 2.75) is 52.8 Å². The molecule has 14 heteroatoms. The van der Waals surface area contributed by atoms with Gasteiger partial charge in [0.2, 0.25) is 5.41 Å². The van der Waals surface area contributed by atoms with Gasteiger partial charge in [0.05, 0.1) is 52.9 Å². The Labute approximate surface area is 224 Å². The van der Waals surface area contributed by atoms with Crippen LogP contribution in [0.5, 0.6) is 0 Å². The number of hydrogen-bond donors (Lipinski definition) is 0. The fourth-order valence-corrected chi connectivity index (χ4v) is 4.86. The average molecular weight is 570 g/mol. The molecule has 0 saturated carbocycles. The molecule has 0 aromatic heterocycles. The van der Waals surface area contributed by atoms with E-state index in [2.05, 4.69) is 43.9 Å². The fourth-order valence-electron chi connectivity index (χ4n) is 2.33. The summed E-state index contributed by atoms with van der Waals surface area (Å²) in [4.78, 5) is 28.6. The maximum atomic E-state index is 13.0. The van der Waals surface area contributed by atoms with Crippen LogP contribution in [0, 0.1) is 5.41 Å². The molecule has 0 unspecified atom stereocenters. The van der Waals surface area contributed by atoms with Crippen molar-refractivity contribution in [2.75, 3.05) is 71.1 Å². The Balaban J connectivity index is 4.73. The molecule has 0 N–H and O–H groups in total. The van der Waals surface area contributed by atoms with E-state index in [9.17, 15) is 9.59 Å². The second kappa shape index (κ2) is 19.1. The average Bonchev–Trinajstić information content (AvgIpc) is 2.80. The van der Waals surface area contributed by atoms with Crippen LogP contribution in [0.3, 0.4) is 0 Å². The lowest BCUT2D eigenvalue weighted by Crippen LogP contribution is -2.53. The molecule has 0 aliphatic rings. The largest absolute Gasteiger partial charge is 0.465 e. The van der Waals surface area contributed by atoms with Crippen molar-refractivity contribution in [1.82, 2.24) is 0 Å². The third-order valence-electron chi connectivity index (χ3n) is 5.46. The Morgan fingerprint density at radius 2 is 1.47 bits per heavy atom. The Bertz CT molecular complexity index is 671. The highest BCUT2D eigenvalue weighted by Crippen LogP contribution is 2.38. The van der Waals surface area contributed by atoms with Gasteiger partial charge in [-0.05, 0) is 37.5 Å². The molecular formula is C22H43N3O8S2Si. The van der Waals surface area contributed by atoms with Crippen LogP contribution in [-0.2, 0) is 37.7 Å². The van der Waals surface area contributed by atoms with Crippen molar-refractivity contribution >= 4 is 41.8 Å². The molecule has 0 bridgehead atoms. The van der Waals surface area contributed by atoms with Crippen LogP contribution in [0.25, 0.3) is 10.4 Å². The predicted octanol–water partition coefficient (Wildman–Crippen LogP) is 4.82. The second-order valence-corrected chi connectivity index (χ2v) is 16.5. The first-order valence-corrected chi connectivity index (χ1v) is 17.3. The maximum Gasteiger partial charge on any atom is 0.328 e. The SMILES string of the molecule is CCOC(=O)C(COCSSCCOCCOCCN=[N+]=[N-])(CO[Si](C)(C)C(C)(C)C)C(=O)OCC. The van der Waals surface area contributed by atoms with E-state index in [0.29, 0.717) is 33.0 Å². The van der Waals surface area contributed by atoms with Gasteiger partial charge in [0.25, 0.3) is 0 Å². The zero-order valence-corrected chi connectivity index (χ0v) is 25.3. The second-order valence-electron chi connectivity index (χ2n) is 9.16. The number of rotatable bonds is 21. The van der Waals surface area contributed by atoms with Gasteiger partial charge in [-0.15, -0.1) is 0 Å². The van der Waals surface area contributed by atoms with E-state index in [1.165, 1.54) is 10.8 Å². The molecule has 0 radical (unpaired) electrons. The van der Waals surface area contributed by atoms with Gasteiger partial charge >= 0.3 is 11.9 Å². The predicted molar refractivity (Wildman–Crippen MR) is 145 cm³/mol. The molecule has 0 aromatic carbocycles. The number of carbonyl (C=O) groups excluding carboxylic acids is 2. The number of nitrogens with zero attached hydrogens (tertiary/aromatic N) is 3. The van der Waals surface area contributed by atoms with Crippen LogP contribution >= 0.6 is 21.6 Å². The summed E-state index contributed by atoms with van der Waals surface area (Å²) in [6.45, 7) is 15.7. The maximum absolute atomic E-state index is 13.0. The molecule has 0 saturated heterocycles. The highest BCUT2D eigenvalue weighted by molar-refractivity contribution is 8.76. The van der Waals surface area contributed by atoms with E-state index in [0.717, 1.165) is 5.75 Å². The van der Waals surface area contributed by atoms with Crippen molar-refractivity contribution in [2.24, 2.45) is 10.5 Å². The highest BCUT2D eigenvalue weighted by atomic mass is 33.1. The summed E-state index contributed by atoms with van der Waals surface area (Å²) in [5.41, 5.74) is 6.49. The van der Waals surface area contributed by atoms with Crippen molar-refractivity contribution in [3.8, 4) is 0 Å². The molecule has 0 aliphatic carbocycles. The first-order chi connectivity index (χ1) is 17.0. The molecule has 11 nitrogen and oxygen atoms in total. The van der Waals surface area contributed by atoms with Gasteiger partial charge in [0.15, 0.2) is 8.32 Å². The third-order valence-corrected chi connectivity index (χ3v) is 12.0. The fraction of sp³-hybridized carbons (Fsp3) is 0.909. The summed E-state index contributed by atoms with van der Waals surface area (Å²) in [7, 11) is 0.738. The quantitative estimate of drug-likeness (QED) is 0.0218. The minimum absolute atomic E-state index is 0.102. The number of hydrogen-bond acceptors (Lipinski definition) is 11. The van der Waals surface area contributed by atoms with E-state index in [1.807, 2.05) is 0 Å². The minimum atomic E-state index is -2.26. The van der Waals surface area contributed by atoms with E-state index in [1.54, 1.807) is 24.6 Å². The number of azide groups is 1. The van der Waals surface area contributed by atoms with Crippen molar-refractivity contribution in [1.29, 1.82) is 0 Å². The van der Waals surface area contributed by atoms with E-state index in [4.69, 9.17) is 33.6 Å². The van der Waals surface area contributed by atoms with Crippen molar-refractivity contribution in [3.05, 3.63) is 10.4 Å².